The fourth-order valence-electron chi connectivity index (χ4n) is 11.5. The van der Waals surface area contributed by atoms with Gasteiger partial charge in [-0.15, -0.1) is 13.2 Å². The second-order valence-corrected chi connectivity index (χ2v) is 16.6. The molecule has 6 saturated heterocycles. The lowest BCUT2D eigenvalue weighted by atomic mass is 9.71. The first-order valence-corrected chi connectivity index (χ1v) is 19.5. The highest BCUT2D eigenvalue weighted by atomic mass is 16.3. The van der Waals surface area contributed by atoms with Gasteiger partial charge < -0.3 is 19.2 Å². The van der Waals surface area contributed by atoms with Gasteiger partial charge in [0.25, 0.3) is 0 Å². The van der Waals surface area contributed by atoms with Crippen LogP contribution in [-0.4, -0.2) is 67.4 Å². The highest BCUT2D eigenvalue weighted by Gasteiger charge is 2.55. The zero-order valence-electron chi connectivity index (χ0n) is 30.2. The maximum Gasteiger partial charge on any atom is 0.131 e. The number of para-hydroxylation sites is 2. The van der Waals surface area contributed by atoms with Crippen molar-refractivity contribution in [1.29, 1.82) is 0 Å². The molecule has 0 radical (unpaired) electrons. The number of hydrogen-bond acceptors (Lipinski definition) is 4. The molecule has 5 aromatic rings. The van der Waals surface area contributed by atoms with Gasteiger partial charge in [-0.25, -0.2) is 0 Å². The van der Waals surface area contributed by atoms with E-state index in [9.17, 15) is 10.2 Å². The fraction of sp³-hybridized carbons (Fsp3) is 0.391. The lowest BCUT2D eigenvalue weighted by molar-refractivity contribution is -0.985. The molecule has 0 saturated carbocycles. The molecule has 266 valence electrons. The van der Waals surface area contributed by atoms with Gasteiger partial charge in [-0.1, -0.05) is 66.7 Å². The smallest absolute Gasteiger partial charge is 0.131 e. The number of aliphatic hydroxyl groups excluding tert-OH is 2. The summed E-state index contributed by atoms with van der Waals surface area (Å²) in [4.78, 5) is 9.21. The van der Waals surface area contributed by atoms with Crippen molar-refractivity contribution in [3.63, 3.8) is 0 Å². The molecule has 2 N–H and O–H groups in total. The van der Waals surface area contributed by atoms with Crippen LogP contribution >= 0.6 is 0 Å². The summed E-state index contributed by atoms with van der Waals surface area (Å²) in [7, 11) is 0. The monoisotopic (exact) mass is 692 g/mol. The summed E-state index contributed by atoms with van der Waals surface area (Å²) in [5.74, 6) is 2.05. The molecule has 6 fully saturated rings. The minimum atomic E-state index is -0.569. The van der Waals surface area contributed by atoms with Gasteiger partial charge in [0.2, 0.25) is 0 Å². The quantitative estimate of drug-likeness (QED) is 0.115. The SMILES string of the molecule is C=C[C@H]1C[N@+]2(Cc3cccc(C[N@@+]45CC[C@@H](C[C@@H]4[C@H](O)c4ccnc6ccccc46)[C@@H](C=C)C5)c3)CC[C@H]1C[C@@H]2[C@H](O)c1ccnc2ccccc12. The topological polar surface area (TPSA) is 66.2 Å². The number of rotatable bonds is 10. The van der Waals surface area contributed by atoms with E-state index in [1.54, 1.807) is 0 Å². The second-order valence-electron chi connectivity index (χ2n) is 16.6. The predicted molar refractivity (Wildman–Crippen MR) is 208 cm³/mol. The van der Waals surface area contributed by atoms with E-state index in [0.717, 1.165) is 94.0 Å². The third-order valence-electron chi connectivity index (χ3n) is 14.1. The molecule has 11 rings (SSSR count). The normalized spacial score (nSPS) is 32.1. The van der Waals surface area contributed by atoms with Crippen molar-refractivity contribution >= 4 is 21.8 Å². The number of nitrogens with zero attached hydrogens (tertiary/aromatic N) is 4. The van der Waals surface area contributed by atoms with E-state index in [4.69, 9.17) is 0 Å². The van der Waals surface area contributed by atoms with Crippen molar-refractivity contribution in [2.75, 3.05) is 26.2 Å². The van der Waals surface area contributed by atoms with Crippen LogP contribution in [0.15, 0.2) is 123 Å². The first-order chi connectivity index (χ1) is 25.4. The molecular formula is C46H52N4O2+2. The molecule has 8 heterocycles. The summed E-state index contributed by atoms with van der Waals surface area (Å²) in [6, 6.07) is 30.0. The summed E-state index contributed by atoms with van der Waals surface area (Å²) in [6.45, 7) is 14.5. The highest BCUT2D eigenvalue weighted by Crippen LogP contribution is 2.50. The lowest BCUT2D eigenvalue weighted by Gasteiger charge is -2.58. The van der Waals surface area contributed by atoms with E-state index in [1.807, 2.05) is 60.9 Å². The molecule has 6 nitrogen and oxygen atoms in total. The third kappa shape index (κ3) is 5.63. The summed E-state index contributed by atoms with van der Waals surface area (Å²) >= 11 is 0. The molecule has 2 aromatic heterocycles. The van der Waals surface area contributed by atoms with Gasteiger partial charge in [0.15, 0.2) is 0 Å². The summed E-state index contributed by atoms with van der Waals surface area (Å²) in [5, 5.41) is 26.7. The van der Waals surface area contributed by atoms with Gasteiger partial charge in [-0.2, -0.15) is 0 Å². The number of pyridine rings is 2. The predicted octanol–water partition coefficient (Wildman–Crippen LogP) is 8.07. The summed E-state index contributed by atoms with van der Waals surface area (Å²) < 4.78 is 1.76. The van der Waals surface area contributed by atoms with Crippen LogP contribution in [0.3, 0.4) is 0 Å². The van der Waals surface area contributed by atoms with Crippen LogP contribution in [0.1, 0.15) is 60.1 Å². The molecule has 0 spiro atoms. The molecule has 4 bridgehead atoms. The van der Waals surface area contributed by atoms with Crippen molar-refractivity contribution in [1.82, 2.24) is 9.97 Å². The van der Waals surface area contributed by atoms with Crippen LogP contribution in [0.2, 0.25) is 0 Å². The number of benzene rings is 3. The minimum absolute atomic E-state index is 0.107. The summed E-state index contributed by atoms with van der Waals surface area (Å²) in [5.41, 5.74) is 6.54. The molecule has 0 amide bonds. The van der Waals surface area contributed by atoms with Crippen molar-refractivity contribution < 1.29 is 19.2 Å². The molecule has 3 aromatic carbocycles. The van der Waals surface area contributed by atoms with Crippen LogP contribution in [0.25, 0.3) is 21.8 Å². The van der Waals surface area contributed by atoms with E-state index in [1.165, 1.54) is 24.0 Å². The molecule has 6 aliphatic rings. The fourth-order valence-corrected chi connectivity index (χ4v) is 11.5. The zero-order valence-corrected chi connectivity index (χ0v) is 30.2. The Morgan fingerprint density at radius 1 is 0.635 bits per heavy atom. The Labute approximate surface area is 308 Å². The average molecular weight is 693 g/mol. The maximum absolute atomic E-state index is 12.3. The van der Waals surface area contributed by atoms with Gasteiger partial charge in [0.1, 0.15) is 37.4 Å². The zero-order chi connectivity index (χ0) is 35.5. The highest BCUT2D eigenvalue weighted by molar-refractivity contribution is 5.83. The standard InChI is InChI=1S/C46H52N4O2/c1-3-33-29-49(22-18-35(33)25-43(49)45(51)39-16-20-47-41-14-7-5-12-37(39)41)27-31-10-9-11-32(24-31)28-50-23-19-36(34(4-2)30-50)26-44(50)46(52)40-17-21-48-42-15-8-6-13-38(40)42/h3-17,20-21,24,33-36,43-46,51-52H,1-2,18-19,22-23,25-30H2/q+2/t33-,34-,35-,36-,43+,44+,45+,46+,49+,50+/m0/s1. The van der Waals surface area contributed by atoms with E-state index in [-0.39, 0.29) is 12.1 Å². The molecule has 0 unspecified atom stereocenters. The minimum Gasteiger partial charge on any atom is -0.382 e. The first-order valence-electron chi connectivity index (χ1n) is 19.5. The van der Waals surface area contributed by atoms with Crippen LogP contribution in [0.5, 0.6) is 0 Å². The number of piperidine rings is 6. The molecule has 6 aliphatic heterocycles. The van der Waals surface area contributed by atoms with Crippen LogP contribution in [0.4, 0.5) is 0 Å². The van der Waals surface area contributed by atoms with Gasteiger partial charge in [-0.3, -0.25) is 9.97 Å². The van der Waals surface area contributed by atoms with E-state index in [0.29, 0.717) is 23.7 Å². The van der Waals surface area contributed by atoms with Gasteiger partial charge in [-0.05, 0) is 53.3 Å². The number of aliphatic hydroxyl groups is 2. The molecule has 52 heavy (non-hydrogen) atoms. The Balaban J connectivity index is 1.04. The lowest BCUT2D eigenvalue weighted by Crippen LogP contribution is -2.67. The van der Waals surface area contributed by atoms with E-state index in [2.05, 4.69) is 71.7 Å². The van der Waals surface area contributed by atoms with Gasteiger partial charge in [0, 0.05) is 71.8 Å². The van der Waals surface area contributed by atoms with Gasteiger partial charge in [0.05, 0.1) is 37.2 Å². The number of hydrogen-bond donors (Lipinski definition) is 2. The maximum atomic E-state index is 12.3. The Bertz CT molecular complexity index is 1980. The van der Waals surface area contributed by atoms with Gasteiger partial charge >= 0.3 is 0 Å². The number of aromatic nitrogens is 2. The number of fused-ring (bicyclic) bond motifs is 8. The second kappa shape index (κ2) is 13.3. The average Bonchev–Trinajstić information content (AvgIpc) is 3.19. The van der Waals surface area contributed by atoms with Crippen LogP contribution in [-0.2, 0) is 13.1 Å². The Hall–Kier alpha value is -4.20. The Morgan fingerprint density at radius 3 is 1.56 bits per heavy atom. The van der Waals surface area contributed by atoms with Crippen molar-refractivity contribution in [3.8, 4) is 0 Å². The molecule has 6 heteroatoms. The number of quaternary nitrogens is 2. The van der Waals surface area contributed by atoms with Crippen molar-refractivity contribution in [2.45, 2.75) is 63.1 Å². The molecular weight excluding hydrogens is 641 g/mol. The Kier molecular flexibility index (Phi) is 8.62. The third-order valence-corrected chi connectivity index (χ3v) is 14.1. The summed E-state index contributed by atoms with van der Waals surface area (Å²) in [6.07, 6.45) is 11.3. The Morgan fingerprint density at radius 2 is 1.10 bits per heavy atom. The van der Waals surface area contributed by atoms with E-state index >= 15 is 0 Å². The first kappa shape index (κ1) is 33.6. The van der Waals surface area contributed by atoms with E-state index < -0.39 is 12.2 Å². The van der Waals surface area contributed by atoms with Crippen LogP contribution in [0, 0.1) is 23.7 Å². The largest absolute Gasteiger partial charge is 0.382 e. The molecule has 10 atom stereocenters. The van der Waals surface area contributed by atoms with Crippen molar-refractivity contribution in [3.05, 3.63) is 145 Å². The molecule has 0 aliphatic carbocycles. The van der Waals surface area contributed by atoms with Crippen molar-refractivity contribution in [2.24, 2.45) is 23.7 Å². The van der Waals surface area contributed by atoms with Crippen LogP contribution < -0.4 is 0 Å².